The fourth-order valence-corrected chi connectivity index (χ4v) is 7.92. The second-order valence-electron chi connectivity index (χ2n) is 18.0. The molecule has 2 unspecified atom stereocenters. The molecular formula is C53H98N2O7. The van der Waals surface area contributed by atoms with Crippen molar-refractivity contribution in [1.82, 2.24) is 10.6 Å². The number of hydrogen-bond acceptors (Lipinski definition) is 6. The number of carbonyl (C=O) groups excluding carboxylic acids is 3. The van der Waals surface area contributed by atoms with Gasteiger partial charge < -0.3 is 25.6 Å². The topological polar surface area (TPSA) is 142 Å². The Morgan fingerprint density at radius 1 is 0.484 bits per heavy atom. The number of aliphatic hydroxyl groups excluding tert-OH is 1. The molecule has 0 fully saturated rings. The van der Waals surface area contributed by atoms with Gasteiger partial charge in [0.15, 0.2) is 0 Å². The molecule has 0 aliphatic carbocycles. The monoisotopic (exact) mass is 875 g/mol. The van der Waals surface area contributed by atoms with Crippen LogP contribution in [0.1, 0.15) is 264 Å². The molecule has 0 aromatic rings. The summed E-state index contributed by atoms with van der Waals surface area (Å²) in [5.41, 5.74) is 0. The first-order valence-corrected chi connectivity index (χ1v) is 26.2. The maximum absolute atomic E-state index is 12.9. The summed E-state index contributed by atoms with van der Waals surface area (Å²) in [5.74, 6) is -2.29. The van der Waals surface area contributed by atoms with Crippen molar-refractivity contribution < 1.29 is 34.1 Å². The van der Waals surface area contributed by atoms with E-state index in [0.29, 0.717) is 19.3 Å². The highest BCUT2D eigenvalue weighted by molar-refractivity contribution is 5.87. The first kappa shape index (κ1) is 59.3. The Labute approximate surface area is 381 Å². The third kappa shape index (κ3) is 43.9. The highest BCUT2D eigenvalue weighted by atomic mass is 16.5. The zero-order chi connectivity index (χ0) is 45.4. The minimum atomic E-state index is -1.38. The normalized spacial score (nSPS) is 12.6. The first-order chi connectivity index (χ1) is 30.3. The molecule has 2 atom stereocenters. The zero-order valence-electron chi connectivity index (χ0n) is 40.4. The van der Waals surface area contributed by atoms with Gasteiger partial charge in [-0.3, -0.25) is 14.4 Å². The molecule has 0 radical (unpaired) electrons. The van der Waals surface area contributed by atoms with Crippen LogP contribution in [-0.4, -0.2) is 59.3 Å². The van der Waals surface area contributed by atoms with E-state index in [0.717, 1.165) is 83.5 Å². The summed E-state index contributed by atoms with van der Waals surface area (Å²) in [7, 11) is 0. The minimum absolute atomic E-state index is 0.0334. The van der Waals surface area contributed by atoms with Gasteiger partial charge >= 0.3 is 11.9 Å². The van der Waals surface area contributed by atoms with Crippen LogP contribution in [0, 0.1) is 0 Å². The van der Waals surface area contributed by atoms with Crippen molar-refractivity contribution in [2.45, 2.75) is 276 Å². The number of unbranched alkanes of at least 4 members (excludes halogenated alkanes) is 30. The van der Waals surface area contributed by atoms with Gasteiger partial charge in [-0.05, 0) is 70.6 Å². The van der Waals surface area contributed by atoms with Crippen LogP contribution in [0.4, 0.5) is 0 Å². The van der Waals surface area contributed by atoms with Gasteiger partial charge in [-0.25, -0.2) is 4.79 Å². The van der Waals surface area contributed by atoms with E-state index in [9.17, 15) is 19.2 Å². The number of allylic oxidation sites excluding steroid dienone is 4. The Morgan fingerprint density at radius 3 is 1.31 bits per heavy atom. The molecule has 2 amide bonds. The fraction of sp³-hybridized carbons (Fsp3) is 0.849. The Morgan fingerprint density at radius 2 is 0.871 bits per heavy atom. The highest BCUT2D eigenvalue weighted by Crippen LogP contribution is 2.19. The number of nitrogens with one attached hydrogen (secondary N) is 2. The van der Waals surface area contributed by atoms with E-state index in [-0.39, 0.29) is 24.5 Å². The molecule has 0 aliphatic heterocycles. The van der Waals surface area contributed by atoms with Crippen LogP contribution in [0.25, 0.3) is 0 Å². The summed E-state index contributed by atoms with van der Waals surface area (Å²) >= 11 is 0. The van der Waals surface area contributed by atoms with Crippen molar-refractivity contribution in [2.24, 2.45) is 0 Å². The lowest BCUT2D eigenvalue weighted by molar-refractivity contribution is -0.150. The van der Waals surface area contributed by atoms with Gasteiger partial charge in [-0.15, -0.1) is 0 Å². The average Bonchev–Trinajstić information content (AvgIpc) is 3.26. The molecule has 0 rings (SSSR count). The summed E-state index contributed by atoms with van der Waals surface area (Å²) in [6, 6.07) is -1.38. The van der Waals surface area contributed by atoms with E-state index < -0.39 is 24.5 Å². The maximum Gasteiger partial charge on any atom is 0.328 e. The van der Waals surface area contributed by atoms with E-state index in [1.54, 1.807) is 0 Å². The minimum Gasteiger partial charge on any atom is -0.480 e. The molecule has 0 saturated heterocycles. The Kier molecular flexibility index (Phi) is 45.7. The van der Waals surface area contributed by atoms with Gasteiger partial charge in [0.1, 0.15) is 12.1 Å². The third-order valence-corrected chi connectivity index (χ3v) is 12.0. The number of carboxylic acids is 1. The Balaban J connectivity index is 4.30. The number of amides is 2. The number of carbonyl (C=O) groups is 4. The number of aliphatic hydroxyl groups is 1. The molecule has 0 bridgehead atoms. The number of ether oxygens (including phenoxy) is 1. The van der Waals surface area contributed by atoms with Gasteiger partial charge in [0.25, 0.3) is 0 Å². The van der Waals surface area contributed by atoms with Crippen molar-refractivity contribution in [3.8, 4) is 0 Å². The van der Waals surface area contributed by atoms with Gasteiger partial charge in [-0.2, -0.15) is 0 Å². The van der Waals surface area contributed by atoms with Crippen LogP contribution in [0.15, 0.2) is 24.3 Å². The second-order valence-corrected chi connectivity index (χ2v) is 18.0. The summed E-state index contributed by atoms with van der Waals surface area (Å²) < 4.78 is 6.06. The lowest BCUT2D eigenvalue weighted by Crippen LogP contribution is -2.47. The van der Waals surface area contributed by atoms with E-state index in [2.05, 4.69) is 48.8 Å². The van der Waals surface area contributed by atoms with Crippen molar-refractivity contribution in [3.05, 3.63) is 24.3 Å². The quantitative estimate of drug-likeness (QED) is 0.0271. The molecule has 362 valence electrons. The molecule has 0 spiro atoms. The van der Waals surface area contributed by atoms with Gasteiger partial charge in [0.05, 0.1) is 13.2 Å². The van der Waals surface area contributed by atoms with Gasteiger partial charge in [0.2, 0.25) is 11.8 Å². The predicted molar refractivity (Wildman–Crippen MR) is 259 cm³/mol. The van der Waals surface area contributed by atoms with E-state index >= 15 is 0 Å². The Bertz CT molecular complexity index is 1090. The van der Waals surface area contributed by atoms with Crippen LogP contribution >= 0.6 is 0 Å². The maximum atomic E-state index is 12.9. The number of aliphatic carboxylic acids is 1. The van der Waals surface area contributed by atoms with Crippen molar-refractivity contribution >= 4 is 23.8 Å². The van der Waals surface area contributed by atoms with Crippen LogP contribution in [0.3, 0.4) is 0 Å². The third-order valence-electron chi connectivity index (χ3n) is 12.0. The predicted octanol–water partition coefficient (Wildman–Crippen LogP) is 13.9. The molecule has 62 heavy (non-hydrogen) atoms. The smallest absolute Gasteiger partial charge is 0.328 e. The molecule has 4 N–H and O–H groups in total. The summed E-state index contributed by atoms with van der Waals surface area (Å²) in [5, 5.41) is 22.6. The number of hydrogen-bond donors (Lipinski definition) is 4. The SMILES string of the molecule is CCCCCCC/C=C\C/C=C\CCCCCC(CCCCCCCC(=O)NCC(=O)NC(CO)C(=O)O)OC(=O)CCCCCCCCCCCCCCCCCCCCC. The summed E-state index contributed by atoms with van der Waals surface area (Å²) in [4.78, 5) is 47.8. The number of rotatable bonds is 48. The number of esters is 1. The molecule has 0 heterocycles. The zero-order valence-corrected chi connectivity index (χ0v) is 40.4. The Hall–Kier alpha value is -2.68. The standard InChI is InChI=1S/C53H98N2O7/c1-3-5-7-9-11-13-15-17-19-20-21-22-24-26-28-30-32-37-41-45-52(59)62-48(42-38-34-31-29-27-25-23-18-16-14-12-10-8-6-4-2)43-39-35-33-36-40-44-50(57)54-46-51(58)55-49(47-56)53(60)61/h16,18,25,27,48-49,56H,3-15,17,19-24,26,28-47H2,1-2H3,(H,54,57)(H,55,58)(H,60,61)/b18-16-,27-25-. The first-order valence-electron chi connectivity index (χ1n) is 26.2. The van der Waals surface area contributed by atoms with Gasteiger partial charge in [-0.1, -0.05) is 205 Å². The number of carboxylic acid groups (broad SMARTS) is 1. The van der Waals surface area contributed by atoms with Crippen molar-refractivity contribution in [3.63, 3.8) is 0 Å². The fourth-order valence-electron chi connectivity index (χ4n) is 7.92. The van der Waals surface area contributed by atoms with E-state index in [1.807, 2.05) is 0 Å². The van der Waals surface area contributed by atoms with Crippen LogP contribution in [0.2, 0.25) is 0 Å². The molecule has 0 aromatic carbocycles. The molecule has 0 aromatic heterocycles. The molecular weight excluding hydrogens is 777 g/mol. The molecule has 0 aliphatic rings. The molecule has 0 saturated carbocycles. The van der Waals surface area contributed by atoms with Crippen LogP contribution in [-0.2, 0) is 23.9 Å². The summed E-state index contributed by atoms with van der Waals surface area (Å²) in [6.45, 7) is 3.50. The average molecular weight is 875 g/mol. The lowest BCUT2D eigenvalue weighted by Gasteiger charge is -2.18. The molecule has 9 heteroatoms. The van der Waals surface area contributed by atoms with Crippen molar-refractivity contribution in [2.75, 3.05) is 13.2 Å². The summed E-state index contributed by atoms with van der Waals surface area (Å²) in [6.07, 6.45) is 55.0. The van der Waals surface area contributed by atoms with Gasteiger partial charge in [0, 0.05) is 12.8 Å². The van der Waals surface area contributed by atoms with E-state index in [1.165, 1.54) is 148 Å². The second kappa shape index (κ2) is 47.8. The van der Waals surface area contributed by atoms with Crippen LogP contribution < -0.4 is 10.6 Å². The van der Waals surface area contributed by atoms with E-state index in [4.69, 9.17) is 14.9 Å². The lowest BCUT2D eigenvalue weighted by atomic mass is 10.0. The van der Waals surface area contributed by atoms with Crippen LogP contribution in [0.5, 0.6) is 0 Å². The largest absolute Gasteiger partial charge is 0.480 e. The highest BCUT2D eigenvalue weighted by Gasteiger charge is 2.19. The molecule has 9 nitrogen and oxygen atoms in total. The van der Waals surface area contributed by atoms with Crippen molar-refractivity contribution in [1.29, 1.82) is 0 Å².